The fourth-order valence-corrected chi connectivity index (χ4v) is 3.33. The average molecular weight is 277 g/mol. The maximum absolute atomic E-state index is 10.5. The zero-order valence-electron chi connectivity index (χ0n) is 12.6. The summed E-state index contributed by atoms with van der Waals surface area (Å²) in [5.41, 5.74) is 8.10. The molecule has 3 nitrogen and oxygen atoms in total. The molecule has 3 heteroatoms. The molecule has 1 aromatic carbocycles. The number of ether oxygens (including phenoxy) is 1. The summed E-state index contributed by atoms with van der Waals surface area (Å²) in [6.45, 7) is 2.50. The van der Waals surface area contributed by atoms with Crippen molar-refractivity contribution in [3.63, 3.8) is 0 Å². The van der Waals surface area contributed by atoms with Crippen LogP contribution >= 0.6 is 0 Å². The molecule has 0 spiro atoms. The summed E-state index contributed by atoms with van der Waals surface area (Å²) < 4.78 is 5.37. The van der Waals surface area contributed by atoms with Gasteiger partial charge >= 0.3 is 0 Å². The van der Waals surface area contributed by atoms with Crippen molar-refractivity contribution in [1.82, 2.24) is 0 Å². The Balaban J connectivity index is 2.09. The van der Waals surface area contributed by atoms with Crippen LogP contribution in [0.25, 0.3) is 0 Å². The van der Waals surface area contributed by atoms with Crippen LogP contribution in [0.4, 0.5) is 0 Å². The van der Waals surface area contributed by atoms with Crippen LogP contribution < -0.4 is 10.5 Å². The number of hydrogen-bond donors (Lipinski definition) is 2. The second-order valence-electron chi connectivity index (χ2n) is 6.02. The molecule has 1 aliphatic carbocycles. The largest absolute Gasteiger partial charge is 0.496 e. The van der Waals surface area contributed by atoms with E-state index >= 15 is 0 Å². The molecular weight excluding hydrogens is 250 g/mol. The molecule has 0 aliphatic heterocycles. The molecule has 1 saturated carbocycles. The van der Waals surface area contributed by atoms with Gasteiger partial charge in [0.1, 0.15) is 5.75 Å². The van der Waals surface area contributed by atoms with Crippen LogP contribution in [0, 0.1) is 12.8 Å². The first kappa shape index (κ1) is 15.3. The van der Waals surface area contributed by atoms with Gasteiger partial charge < -0.3 is 15.6 Å². The van der Waals surface area contributed by atoms with E-state index < -0.39 is 0 Å². The standard InChI is InChI=1S/C17H27NO2/c1-12-7-8-14(10-17(12)20-2)15(11-18)16(19)9-13-5-3-4-6-13/h7-8,10,13,15-16,19H,3-6,9,11,18H2,1-2H3. The van der Waals surface area contributed by atoms with E-state index in [4.69, 9.17) is 10.5 Å². The van der Waals surface area contributed by atoms with Crippen LogP contribution in [0.15, 0.2) is 18.2 Å². The number of aliphatic hydroxyl groups is 1. The SMILES string of the molecule is COc1cc(C(CN)C(O)CC2CCCC2)ccc1C. The Hall–Kier alpha value is -1.06. The minimum Gasteiger partial charge on any atom is -0.496 e. The van der Waals surface area contributed by atoms with Crippen LogP contribution in [0.5, 0.6) is 5.75 Å². The first-order chi connectivity index (χ1) is 9.65. The van der Waals surface area contributed by atoms with E-state index in [0.29, 0.717) is 12.5 Å². The van der Waals surface area contributed by atoms with Crippen molar-refractivity contribution in [1.29, 1.82) is 0 Å². The van der Waals surface area contributed by atoms with Crippen molar-refractivity contribution < 1.29 is 9.84 Å². The number of rotatable bonds is 6. The zero-order chi connectivity index (χ0) is 14.5. The van der Waals surface area contributed by atoms with Gasteiger partial charge in [0.25, 0.3) is 0 Å². The number of hydrogen-bond acceptors (Lipinski definition) is 3. The fourth-order valence-electron chi connectivity index (χ4n) is 3.33. The summed E-state index contributed by atoms with van der Waals surface area (Å²) in [7, 11) is 1.68. The molecule has 0 radical (unpaired) electrons. The van der Waals surface area contributed by atoms with E-state index in [1.54, 1.807) is 7.11 Å². The third kappa shape index (κ3) is 3.53. The van der Waals surface area contributed by atoms with E-state index in [1.807, 2.05) is 19.1 Å². The molecule has 2 unspecified atom stereocenters. The lowest BCUT2D eigenvalue weighted by Gasteiger charge is -2.25. The molecule has 0 amide bonds. The number of nitrogens with two attached hydrogens (primary N) is 1. The molecule has 1 aromatic rings. The molecule has 112 valence electrons. The Morgan fingerprint density at radius 1 is 1.35 bits per heavy atom. The van der Waals surface area contributed by atoms with Crippen LogP contribution in [0.2, 0.25) is 0 Å². The molecule has 2 atom stereocenters. The Kier molecular flexibility index (Phi) is 5.44. The maximum Gasteiger partial charge on any atom is 0.122 e. The Morgan fingerprint density at radius 3 is 2.65 bits per heavy atom. The number of benzene rings is 1. The second kappa shape index (κ2) is 7.09. The first-order valence-electron chi connectivity index (χ1n) is 7.68. The van der Waals surface area contributed by atoms with Gasteiger partial charge in [0, 0.05) is 12.5 Å². The second-order valence-corrected chi connectivity index (χ2v) is 6.02. The normalized spacial score (nSPS) is 19.0. The van der Waals surface area contributed by atoms with Crippen LogP contribution in [-0.4, -0.2) is 24.9 Å². The molecular formula is C17H27NO2. The summed E-state index contributed by atoms with van der Waals surface area (Å²) in [4.78, 5) is 0. The highest BCUT2D eigenvalue weighted by molar-refractivity contribution is 5.38. The van der Waals surface area contributed by atoms with Crippen molar-refractivity contribution in [3.05, 3.63) is 29.3 Å². The van der Waals surface area contributed by atoms with Gasteiger partial charge in [-0.15, -0.1) is 0 Å². The maximum atomic E-state index is 10.5. The van der Waals surface area contributed by atoms with Gasteiger partial charge in [-0.05, 0) is 36.5 Å². The fraction of sp³-hybridized carbons (Fsp3) is 0.647. The van der Waals surface area contributed by atoms with E-state index in [1.165, 1.54) is 25.7 Å². The van der Waals surface area contributed by atoms with Gasteiger partial charge in [0.05, 0.1) is 13.2 Å². The highest BCUT2D eigenvalue weighted by atomic mass is 16.5. The summed E-state index contributed by atoms with van der Waals surface area (Å²) in [6, 6.07) is 6.12. The minimum absolute atomic E-state index is 0.00472. The number of aryl methyl sites for hydroxylation is 1. The Morgan fingerprint density at radius 2 is 2.05 bits per heavy atom. The molecule has 2 rings (SSSR count). The van der Waals surface area contributed by atoms with Crippen LogP contribution in [-0.2, 0) is 0 Å². The predicted molar refractivity (Wildman–Crippen MR) is 82.1 cm³/mol. The number of aliphatic hydroxyl groups excluding tert-OH is 1. The minimum atomic E-state index is -0.351. The van der Waals surface area contributed by atoms with E-state index in [9.17, 15) is 5.11 Å². The van der Waals surface area contributed by atoms with Gasteiger partial charge in [-0.2, -0.15) is 0 Å². The van der Waals surface area contributed by atoms with Gasteiger partial charge in [0.2, 0.25) is 0 Å². The van der Waals surface area contributed by atoms with Gasteiger partial charge in [-0.3, -0.25) is 0 Å². The molecule has 20 heavy (non-hydrogen) atoms. The smallest absolute Gasteiger partial charge is 0.122 e. The summed E-state index contributed by atoms with van der Waals surface area (Å²) in [5, 5.41) is 10.5. The van der Waals surface area contributed by atoms with E-state index in [-0.39, 0.29) is 12.0 Å². The van der Waals surface area contributed by atoms with Crippen molar-refractivity contribution in [2.75, 3.05) is 13.7 Å². The molecule has 0 saturated heterocycles. The summed E-state index contributed by atoms with van der Waals surface area (Å²) in [6.07, 6.45) is 5.65. The molecule has 3 N–H and O–H groups in total. The quantitative estimate of drug-likeness (QED) is 0.840. The van der Waals surface area contributed by atoms with Gasteiger partial charge in [0.15, 0.2) is 0 Å². The zero-order valence-corrected chi connectivity index (χ0v) is 12.6. The van der Waals surface area contributed by atoms with Crippen molar-refractivity contribution in [2.24, 2.45) is 11.7 Å². The van der Waals surface area contributed by atoms with Crippen molar-refractivity contribution >= 4 is 0 Å². The summed E-state index contributed by atoms with van der Waals surface area (Å²) >= 11 is 0. The van der Waals surface area contributed by atoms with Gasteiger partial charge in [-0.1, -0.05) is 37.8 Å². The highest BCUT2D eigenvalue weighted by Crippen LogP contribution is 2.33. The van der Waals surface area contributed by atoms with Crippen LogP contribution in [0.3, 0.4) is 0 Å². The topological polar surface area (TPSA) is 55.5 Å². The lowest BCUT2D eigenvalue weighted by molar-refractivity contribution is 0.116. The van der Waals surface area contributed by atoms with E-state index in [2.05, 4.69) is 6.07 Å². The van der Waals surface area contributed by atoms with E-state index in [0.717, 1.165) is 23.3 Å². The number of methoxy groups -OCH3 is 1. The molecule has 0 bridgehead atoms. The molecule has 1 fully saturated rings. The molecule has 0 aromatic heterocycles. The average Bonchev–Trinajstić information content (AvgIpc) is 2.94. The first-order valence-corrected chi connectivity index (χ1v) is 7.68. The molecule has 0 heterocycles. The Bertz CT molecular complexity index is 427. The molecule has 1 aliphatic rings. The van der Waals surface area contributed by atoms with Crippen LogP contribution in [0.1, 0.15) is 49.1 Å². The van der Waals surface area contributed by atoms with Crippen molar-refractivity contribution in [3.8, 4) is 5.75 Å². The third-order valence-electron chi connectivity index (χ3n) is 4.63. The third-order valence-corrected chi connectivity index (χ3v) is 4.63. The summed E-state index contributed by atoms with van der Waals surface area (Å²) in [5.74, 6) is 1.55. The predicted octanol–water partition coefficient (Wildman–Crippen LogP) is 2.99. The highest BCUT2D eigenvalue weighted by Gasteiger charge is 2.25. The lowest BCUT2D eigenvalue weighted by Crippen LogP contribution is -2.27. The monoisotopic (exact) mass is 277 g/mol. The van der Waals surface area contributed by atoms with Gasteiger partial charge in [-0.25, -0.2) is 0 Å². The van der Waals surface area contributed by atoms with Crippen molar-refractivity contribution in [2.45, 2.75) is 51.0 Å². The Labute approximate surface area is 122 Å². The lowest BCUT2D eigenvalue weighted by atomic mass is 9.86.